The smallest absolute Gasteiger partial charge is 0.306 e. The summed E-state index contributed by atoms with van der Waals surface area (Å²) in [4.78, 5) is 24.1. The number of hydrogen-bond acceptors (Lipinski definition) is 4. The van der Waals surface area contributed by atoms with E-state index >= 15 is 0 Å². The number of benzene rings is 1. The Balaban J connectivity index is 1.75. The number of esters is 1. The van der Waals surface area contributed by atoms with E-state index in [0.29, 0.717) is 6.42 Å². The molecular formula is C15H13F2NO3S. The van der Waals surface area contributed by atoms with Crippen LogP contribution in [0.15, 0.2) is 35.7 Å². The summed E-state index contributed by atoms with van der Waals surface area (Å²) in [6.07, 6.45) is 0.693. The van der Waals surface area contributed by atoms with Crippen molar-refractivity contribution in [3.63, 3.8) is 0 Å². The molecule has 0 aliphatic heterocycles. The Labute approximate surface area is 129 Å². The fourth-order valence-corrected chi connectivity index (χ4v) is 2.39. The number of nitrogens with one attached hydrogen (secondary N) is 1. The van der Waals surface area contributed by atoms with Crippen LogP contribution in [0.4, 0.5) is 14.5 Å². The molecule has 0 aliphatic rings. The first-order valence-corrected chi connectivity index (χ1v) is 7.35. The Morgan fingerprint density at radius 1 is 1.23 bits per heavy atom. The first kappa shape index (κ1) is 16.1. The van der Waals surface area contributed by atoms with Crippen molar-refractivity contribution in [2.45, 2.75) is 12.8 Å². The Morgan fingerprint density at radius 2 is 2.05 bits per heavy atom. The second-order valence-corrected chi connectivity index (χ2v) is 5.44. The quantitative estimate of drug-likeness (QED) is 0.830. The fourth-order valence-electron chi connectivity index (χ4n) is 1.68. The molecule has 4 nitrogen and oxygen atoms in total. The number of halogens is 2. The minimum absolute atomic E-state index is 0.155. The zero-order chi connectivity index (χ0) is 15.9. The summed E-state index contributed by atoms with van der Waals surface area (Å²) in [7, 11) is 0. The van der Waals surface area contributed by atoms with Gasteiger partial charge in [0.05, 0.1) is 12.1 Å². The van der Waals surface area contributed by atoms with Gasteiger partial charge < -0.3 is 10.1 Å². The van der Waals surface area contributed by atoms with Gasteiger partial charge in [0.25, 0.3) is 5.91 Å². The molecule has 2 rings (SSSR count). The monoisotopic (exact) mass is 325 g/mol. The molecule has 0 saturated carbocycles. The maximum atomic E-state index is 13.3. The number of amides is 1. The molecule has 1 aromatic carbocycles. The second-order valence-electron chi connectivity index (χ2n) is 4.41. The molecule has 2 aromatic rings. The lowest BCUT2D eigenvalue weighted by Gasteiger charge is -2.07. The van der Waals surface area contributed by atoms with E-state index in [0.717, 1.165) is 23.1 Å². The third-order valence-electron chi connectivity index (χ3n) is 2.72. The van der Waals surface area contributed by atoms with Crippen LogP contribution in [0.5, 0.6) is 0 Å². The molecular weight excluding hydrogens is 312 g/mol. The van der Waals surface area contributed by atoms with E-state index in [-0.39, 0.29) is 12.1 Å². The predicted molar refractivity (Wildman–Crippen MR) is 78.6 cm³/mol. The molecule has 1 amide bonds. The van der Waals surface area contributed by atoms with Crippen LogP contribution in [0, 0.1) is 11.6 Å². The van der Waals surface area contributed by atoms with E-state index in [9.17, 15) is 18.4 Å². The van der Waals surface area contributed by atoms with E-state index in [1.165, 1.54) is 11.3 Å². The summed E-state index contributed by atoms with van der Waals surface area (Å²) in [6, 6.07) is 6.48. The molecule has 1 N–H and O–H groups in total. The van der Waals surface area contributed by atoms with Crippen molar-refractivity contribution in [1.82, 2.24) is 0 Å². The average Bonchev–Trinajstić information content (AvgIpc) is 3.00. The summed E-state index contributed by atoms with van der Waals surface area (Å²) in [6.45, 7) is -0.542. The summed E-state index contributed by atoms with van der Waals surface area (Å²) >= 11 is 1.53. The average molecular weight is 325 g/mol. The lowest BCUT2D eigenvalue weighted by molar-refractivity contribution is -0.147. The topological polar surface area (TPSA) is 55.4 Å². The summed E-state index contributed by atoms with van der Waals surface area (Å²) in [5.74, 6) is -2.69. The molecule has 1 aromatic heterocycles. The van der Waals surface area contributed by atoms with E-state index < -0.39 is 30.1 Å². The van der Waals surface area contributed by atoms with Crippen LogP contribution in [-0.4, -0.2) is 18.5 Å². The fraction of sp³-hybridized carbons (Fsp3) is 0.200. The van der Waals surface area contributed by atoms with Gasteiger partial charge in [-0.3, -0.25) is 9.59 Å². The Bertz CT molecular complexity index is 659. The number of carbonyl (C=O) groups is 2. The molecule has 116 valence electrons. The van der Waals surface area contributed by atoms with E-state index in [1.807, 2.05) is 17.5 Å². The third kappa shape index (κ3) is 4.92. The first-order chi connectivity index (χ1) is 10.5. The number of thiophene rings is 1. The van der Waals surface area contributed by atoms with Gasteiger partial charge >= 0.3 is 5.97 Å². The lowest BCUT2D eigenvalue weighted by atomic mass is 10.3. The highest BCUT2D eigenvalue weighted by Gasteiger charge is 2.11. The third-order valence-corrected chi connectivity index (χ3v) is 3.66. The highest BCUT2D eigenvalue weighted by atomic mass is 32.1. The van der Waals surface area contributed by atoms with Gasteiger partial charge in [-0.1, -0.05) is 6.07 Å². The molecule has 1 heterocycles. The van der Waals surface area contributed by atoms with Gasteiger partial charge in [-0.2, -0.15) is 0 Å². The van der Waals surface area contributed by atoms with Crippen LogP contribution in [0.25, 0.3) is 0 Å². The van der Waals surface area contributed by atoms with Crippen molar-refractivity contribution in [2.75, 3.05) is 11.9 Å². The number of anilines is 1. The SMILES string of the molecule is O=C(COC(=O)CCc1cccs1)Nc1cc(F)ccc1F. The van der Waals surface area contributed by atoms with Crippen LogP contribution in [-0.2, 0) is 20.7 Å². The van der Waals surface area contributed by atoms with Crippen LogP contribution in [0.3, 0.4) is 0 Å². The van der Waals surface area contributed by atoms with Gasteiger partial charge in [-0.25, -0.2) is 8.78 Å². The molecule has 7 heteroatoms. The van der Waals surface area contributed by atoms with E-state index in [1.54, 1.807) is 0 Å². The Hall–Kier alpha value is -2.28. The van der Waals surface area contributed by atoms with E-state index in [2.05, 4.69) is 5.32 Å². The van der Waals surface area contributed by atoms with Crippen molar-refractivity contribution in [2.24, 2.45) is 0 Å². The van der Waals surface area contributed by atoms with Crippen molar-refractivity contribution in [1.29, 1.82) is 0 Å². The van der Waals surface area contributed by atoms with Gasteiger partial charge in [0.1, 0.15) is 11.6 Å². The minimum Gasteiger partial charge on any atom is -0.456 e. The minimum atomic E-state index is -0.765. The van der Waals surface area contributed by atoms with Crippen molar-refractivity contribution >= 4 is 28.9 Å². The van der Waals surface area contributed by atoms with Crippen molar-refractivity contribution in [3.05, 3.63) is 52.2 Å². The Kier molecular flexibility index (Phi) is 5.60. The number of ether oxygens (including phenoxy) is 1. The molecule has 0 spiro atoms. The molecule has 22 heavy (non-hydrogen) atoms. The number of rotatable bonds is 6. The maximum absolute atomic E-state index is 13.3. The van der Waals surface area contributed by atoms with Gasteiger partial charge in [-0.05, 0) is 30.0 Å². The highest BCUT2D eigenvalue weighted by Crippen LogP contribution is 2.15. The summed E-state index contributed by atoms with van der Waals surface area (Å²) in [5.41, 5.74) is -0.292. The number of hydrogen-bond donors (Lipinski definition) is 1. The van der Waals surface area contributed by atoms with Gasteiger partial charge in [0.2, 0.25) is 0 Å². The molecule has 0 fully saturated rings. The van der Waals surface area contributed by atoms with Gasteiger partial charge in [-0.15, -0.1) is 11.3 Å². The first-order valence-electron chi connectivity index (χ1n) is 6.47. The van der Waals surface area contributed by atoms with Gasteiger partial charge in [0, 0.05) is 10.9 Å². The summed E-state index contributed by atoms with van der Waals surface area (Å²) in [5, 5.41) is 4.05. The van der Waals surface area contributed by atoms with E-state index in [4.69, 9.17) is 4.74 Å². The van der Waals surface area contributed by atoms with Crippen molar-refractivity contribution < 1.29 is 23.1 Å². The van der Waals surface area contributed by atoms with Crippen molar-refractivity contribution in [3.8, 4) is 0 Å². The number of carbonyl (C=O) groups excluding carboxylic acids is 2. The largest absolute Gasteiger partial charge is 0.456 e. The summed E-state index contributed by atoms with van der Waals surface area (Å²) < 4.78 is 31.0. The molecule has 0 unspecified atom stereocenters. The Morgan fingerprint density at radius 3 is 2.77 bits per heavy atom. The maximum Gasteiger partial charge on any atom is 0.306 e. The molecule has 0 aliphatic carbocycles. The zero-order valence-corrected chi connectivity index (χ0v) is 12.3. The molecule has 0 radical (unpaired) electrons. The predicted octanol–water partition coefficient (Wildman–Crippen LogP) is 3.14. The van der Waals surface area contributed by atoms with Crippen LogP contribution >= 0.6 is 11.3 Å². The number of aryl methyl sites for hydroxylation is 1. The van der Waals surface area contributed by atoms with Crippen LogP contribution in [0.2, 0.25) is 0 Å². The molecule has 0 saturated heterocycles. The lowest BCUT2D eigenvalue weighted by Crippen LogP contribution is -2.21. The molecule has 0 bridgehead atoms. The highest BCUT2D eigenvalue weighted by molar-refractivity contribution is 7.09. The molecule has 0 atom stereocenters. The standard InChI is InChI=1S/C15H13F2NO3S/c16-10-3-5-12(17)13(8-10)18-14(19)9-21-15(20)6-4-11-2-1-7-22-11/h1-3,5,7-8H,4,6,9H2,(H,18,19). The van der Waals surface area contributed by atoms with Crippen LogP contribution in [0.1, 0.15) is 11.3 Å². The van der Waals surface area contributed by atoms with Gasteiger partial charge in [0.15, 0.2) is 6.61 Å². The second kappa shape index (κ2) is 7.65. The normalized spacial score (nSPS) is 10.3. The zero-order valence-electron chi connectivity index (χ0n) is 11.5. The van der Waals surface area contributed by atoms with Crippen LogP contribution < -0.4 is 5.32 Å².